The van der Waals surface area contributed by atoms with E-state index in [0.29, 0.717) is 18.7 Å². The summed E-state index contributed by atoms with van der Waals surface area (Å²) in [5.41, 5.74) is 2.35. The van der Waals surface area contributed by atoms with E-state index >= 15 is 0 Å². The summed E-state index contributed by atoms with van der Waals surface area (Å²) in [4.78, 5) is 52.4. The molecule has 1 saturated carbocycles. The average Bonchev–Trinajstić information content (AvgIpc) is 3.95. The van der Waals surface area contributed by atoms with E-state index in [4.69, 9.17) is 15.1 Å². The monoisotopic (exact) mass is 898 g/mol. The molecule has 0 unspecified atom stereocenters. The molecule has 3 aromatic carbocycles. The summed E-state index contributed by atoms with van der Waals surface area (Å²) in [6.07, 6.45) is -6.79. The van der Waals surface area contributed by atoms with E-state index in [9.17, 15) is 56.4 Å². The van der Waals surface area contributed by atoms with Gasteiger partial charge in [-0.15, -0.1) is 0 Å². The molecule has 0 radical (unpaired) electrons. The van der Waals surface area contributed by atoms with Gasteiger partial charge >= 0.3 is 18.2 Å². The molecule has 2 aliphatic rings. The molecular weight excluding hydrogens is 858 g/mol. The number of aromatic nitrogens is 4. The number of carbonyl (C=O) groups is 3. The molecule has 0 spiro atoms. The number of aliphatic hydroxyl groups is 2. The number of urea groups is 1. The lowest BCUT2D eigenvalue weighted by Crippen LogP contribution is -2.45. The van der Waals surface area contributed by atoms with Crippen LogP contribution in [0.25, 0.3) is 11.2 Å². The predicted molar refractivity (Wildman–Crippen MR) is 217 cm³/mol. The molecule has 1 saturated heterocycles. The molecule has 2 fully saturated rings. The first-order chi connectivity index (χ1) is 29.8. The van der Waals surface area contributed by atoms with Crippen LogP contribution in [0.4, 0.5) is 35.4 Å². The molecule has 63 heavy (non-hydrogen) atoms. The first-order valence-electron chi connectivity index (χ1n) is 19.2. The van der Waals surface area contributed by atoms with Crippen molar-refractivity contribution in [3.63, 3.8) is 0 Å². The van der Waals surface area contributed by atoms with Gasteiger partial charge in [-0.3, -0.25) is 4.79 Å². The second-order valence-electron chi connectivity index (χ2n) is 14.9. The van der Waals surface area contributed by atoms with Crippen LogP contribution in [-0.2, 0) is 24.3 Å². The van der Waals surface area contributed by atoms with Crippen LogP contribution < -0.4 is 31.3 Å². The van der Waals surface area contributed by atoms with Gasteiger partial charge in [0, 0.05) is 37.3 Å². The minimum atomic E-state index is -5.32. The van der Waals surface area contributed by atoms with E-state index in [1.165, 1.54) is 35.2 Å². The van der Waals surface area contributed by atoms with Crippen molar-refractivity contribution in [2.75, 3.05) is 41.8 Å². The van der Waals surface area contributed by atoms with Crippen LogP contribution >= 0.6 is 0 Å². The van der Waals surface area contributed by atoms with Gasteiger partial charge in [0.05, 0.1) is 23.3 Å². The van der Waals surface area contributed by atoms with E-state index in [0.717, 1.165) is 11.1 Å². The molecule has 1 aliphatic carbocycles. The SMILES string of the molecule is NS(=O)(=O)c1ccc(NC(=O)N[C@@H]2CCN(c3nc(NCC(c4ccc(O)cc4)c4ccc(O)cc4)c4ncn([C@@H]5C[C@H](NC(=O)COC(=O)C(F)(F)F)[C@@H](O)[C@H]5O)c4n3)C2)cc1. The Labute approximate surface area is 356 Å². The van der Waals surface area contributed by atoms with Crippen molar-refractivity contribution < 1.29 is 61.1 Å². The number of phenols is 2. The number of amides is 3. The molecule has 10 N–H and O–H groups in total. The number of ether oxygens (including phenoxy) is 1. The maximum atomic E-state index is 13.0. The van der Waals surface area contributed by atoms with Crippen molar-refractivity contribution in [2.45, 2.75) is 60.2 Å². The van der Waals surface area contributed by atoms with E-state index < -0.39 is 71.0 Å². The Morgan fingerprint density at radius 3 is 2.14 bits per heavy atom. The third-order valence-corrected chi connectivity index (χ3v) is 11.6. The minimum absolute atomic E-state index is 0.0597. The normalized spacial score (nSPS) is 20.2. The number of sulfonamides is 1. The number of nitrogens with two attached hydrogens (primary N) is 1. The van der Waals surface area contributed by atoms with Gasteiger partial charge in [-0.2, -0.15) is 23.1 Å². The standard InChI is InChI=1S/C39H41F3N10O10S/c40-39(41,42)36(58)62-18-30(55)48-28-15-29(33(57)32(28)56)52-19-45-31-34(44-16-27(20-1-7-24(53)8-2-20)21-3-9-25(54)10-4-21)49-37(50-35(31)52)51-14-13-23(17-51)47-38(59)46-22-5-11-26(12-6-22)63(43,60)61/h1-12,19,23,27-29,32-33,53-54,56-57H,13-18H2,(H,48,55)(H2,43,60,61)(H,44,49,50)(H2,46,47,59)/t23-,28+,29-,32-,33+/m1/s1. The van der Waals surface area contributed by atoms with Crippen molar-refractivity contribution in [3.05, 3.63) is 90.3 Å². The quantitative estimate of drug-likeness (QED) is 0.0762. The molecule has 334 valence electrons. The molecule has 3 heterocycles. The number of nitrogens with one attached hydrogen (secondary N) is 4. The lowest BCUT2D eigenvalue weighted by molar-refractivity contribution is -0.200. The molecule has 5 atom stereocenters. The van der Waals surface area contributed by atoms with Gasteiger partial charge in [0.15, 0.2) is 23.6 Å². The smallest absolute Gasteiger partial charge is 0.490 e. The first kappa shape index (κ1) is 44.3. The van der Waals surface area contributed by atoms with E-state index in [-0.39, 0.29) is 64.8 Å². The second-order valence-corrected chi connectivity index (χ2v) is 16.5. The largest absolute Gasteiger partial charge is 0.508 e. The molecule has 3 amide bonds. The zero-order chi connectivity index (χ0) is 45.2. The Morgan fingerprint density at radius 1 is 0.905 bits per heavy atom. The Bertz CT molecular complexity index is 2540. The van der Waals surface area contributed by atoms with E-state index in [2.05, 4.69) is 31.0 Å². The van der Waals surface area contributed by atoms with Crippen LogP contribution in [0.3, 0.4) is 0 Å². The number of imidazole rings is 1. The molecule has 24 heteroatoms. The number of rotatable bonds is 13. The van der Waals surface area contributed by atoms with Crippen LogP contribution in [0, 0.1) is 0 Å². The van der Waals surface area contributed by atoms with Gasteiger partial charge in [0.1, 0.15) is 23.7 Å². The third kappa shape index (κ3) is 10.3. The first-order valence-corrected chi connectivity index (χ1v) is 20.8. The third-order valence-electron chi connectivity index (χ3n) is 10.6. The summed E-state index contributed by atoms with van der Waals surface area (Å²) >= 11 is 0. The van der Waals surface area contributed by atoms with E-state index in [1.54, 1.807) is 53.4 Å². The number of halogens is 3. The van der Waals surface area contributed by atoms with Crippen molar-refractivity contribution >= 4 is 56.5 Å². The molecular formula is C39H41F3N10O10S. The fourth-order valence-corrected chi connectivity index (χ4v) is 8.00. The highest BCUT2D eigenvalue weighted by Crippen LogP contribution is 2.36. The summed E-state index contributed by atoms with van der Waals surface area (Å²) in [7, 11) is -3.93. The maximum absolute atomic E-state index is 13.0. The number of benzene rings is 3. The van der Waals surface area contributed by atoms with Gasteiger partial charge in [0.2, 0.25) is 16.0 Å². The highest BCUT2D eigenvalue weighted by Gasteiger charge is 2.45. The highest BCUT2D eigenvalue weighted by molar-refractivity contribution is 7.89. The number of hydrogen-bond acceptors (Lipinski definition) is 15. The number of primary sulfonamides is 1. The Kier molecular flexibility index (Phi) is 12.6. The van der Waals surface area contributed by atoms with Crippen LogP contribution in [-0.4, -0.2) is 123 Å². The number of aromatic hydroxyl groups is 2. The summed E-state index contributed by atoms with van der Waals surface area (Å²) in [6.45, 7) is -0.472. The molecule has 5 aromatic rings. The Balaban J connectivity index is 1.15. The minimum Gasteiger partial charge on any atom is -0.508 e. The number of aliphatic hydroxyl groups excluding tert-OH is 2. The predicted octanol–water partition coefficient (Wildman–Crippen LogP) is 1.79. The van der Waals surface area contributed by atoms with Crippen LogP contribution in [0.15, 0.2) is 84.0 Å². The number of fused-ring (bicyclic) bond motifs is 1. The Hall–Kier alpha value is -6.76. The van der Waals surface area contributed by atoms with E-state index in [1.807, 2.05) is 0 Å². The number of nitrogens with zero attached hydrogens (tertiary/aromatic N) is 5. The lowest BCUT2D eigenvalue weighted by Gasteiger charge is -2.22. The number of esters is 1. The fraction of sp³-hybridized carbons (Fsp3) is 0.333. The van der Waals surface area contributed by atoms with Gasteiger partial charge in [-0.05, 0) is 72.5 Å². The van der Waals surface area contributed by atoms with Crippen molar-refractivity contribution in [2.24, 2.45) is 5.14 Å². The summed E-state index contributed by atoms with van der Waals surface area (Å²) in [5, 5.41) is 58.5. The molecule has 2 aromatic heterocycles. The van der Waals surface area contributed by atoms with Crippen LogP contribution in [0.1, 0.15) is 35.9 Å². The van der Waals surface area contributed by atoms with Crippen molar-refractivity contribution in [3.8, 4) is 11.5 Å². The highest BCUT2D eigenvalue weighted by atomic mass is 32.2. The molecule has 20 nitrogen and oxygen atoms in total. The zero-order valence-electron chi connectivity index (χ0n) is 32.8. The van der Waals surface area contributed by atoms with Gasteiger partial charge in [0.25, 0.3) is 5.91 Å². The Morgan fingerprint density at radius 2 is 1.54 bits per heavy atom. The number of anilines is 3. The summed E-state index contributed by atoms with van der Waals surface area (Å²) in [6, 6.07) is 15.3. The number of alkyl halides is 3. The second kappa shape index (κ2) is 17.9. The lowest BCUT2D eigenvalue weighted by atomic mass is 9.91. The van der Waals surface area contributed by atoms with Crippen LogP contribution in [0.5, 0.6) is 11.5 Å². The van der Waals surface area contributed by atoms with Crippen LogP contribution in [0.2, 0.25) is 0 Å². The molecule has 1 aliphatic heterocycles. The topological polar surface area (TPSA) is 296 Å². The number of hydrogen-bond donors (Lipinski definition) is 9. The number of carbonyl (C=O) groups excluding carboxylic acids is 3. The van der Waals surface area contributed by atoms with Gasteiger partial charge in [-0.1, -0.05) is 24.3 Å². The molecule has 7 rings (SSSR count). The van der Waals surface area contributed by atoms with Crippen molar-refractivity contribution in [1.29, 1.82) is 0 Å². The van der Waals surface area contributed by atoms with Crippen molar-refractivity contribution in [1.82, 2.24) is 30.2 Å². The molecule has 0 bridgehead atoms. The van der Waals surface area contributed by atoms with Gasteiger partial charge < -0.3 is 55.9 Å². The fourth-order valence-electron chi connectivity index (χ4n) is 7.48. The average molecular weight is 899 g/mol. The maximum Gasteiger partial charge on any atom is 0.490 e. The van der Waals surface area contributed by atoms with Gasteiger partial charge in [-0.25, -0.2) is 28.1 Å². The zero-order valence-corrected chi connectivity index (χ0v) is 33.6. The summed E-state index contributed by atoms with van der Waals surface area (Å²) in [5.74, 6) is -3.51. The summed E-state index contributed by atoms with van der Waals surface area (Å²) < 4.78 is 66.5. The number of phenolic OH excluding ortho intramolecular Hbond substituents is 2.